The number of carbonyl (C=O) groups is 2. The summed E-state index contributed by atoms with van der Waals surface area (Å²) < 4.78 is 0. The lowest BCUT2D eigenvalue weighted by Gasteiger charge is -2.40. The first kappa shape index (κ1) is 16.0. The Hall–Kier alpha value is -1.06. The van der Waals surface area contributed by atoms with Gasteiger partial charge < -0.3 is 10.0 Å². The van der Waals surface area contributed by atoms with Crippen LogP contribution in [0.25, 0.3) is 0 Å². The molecule has 0 radical (unpaired) electrons. The molecule has 0 aromatic carbocycles. The summed E-state index contributed by atoms with van der Waals surface area (Å²) in [6.45, 7) is 10.4. The van der Waals surface area contributed by atoms with Gasteiger partial charge in [0.15, 0.2) is 0 Å². The van der Waals surface area contributed by atoms with Gasteiger partial charge in [-0.3, -0.25) is 9.59 Å². The highest BCUT2D eigenvalue weighted by Gasteiger charge is 2.41. The molecule has 0 bridgehead atoms. The summed E-state index contributed by atoms with van der Waals surface area (Å²) in [7, 11) is 0. The van der Waals surface area contributed by atoms with Crippen molar-refractivity contribution in [2.45, 2.75) is 59.9 Å². The average molecular weight is 269 g/mol. The molecule has 1 fully saturated rings. The first-order valence-electron chi connectivity index (χ1n) is 7.23. The zero-order valence-corrected chi connectivity index (χ0v) is 12.8. The zero-order valence-electron chi connectivity index (χ0n) is 12.8. The number of carbonyl (C=O) groups excluding carboxylic acids is 1. The van der Waals surface area contributed by atoms with Crippen molar-refractivity contribution in [3.63, 3.8) is 0 Å². The van der Waals surface area contributed by atoms with E-state index in [9.17, 15) is 14.7 Å². The molecular formula is C15H27NO3. The van der Waals surface area contributed by atoms with Crippen LogP contribution in [-0.4, -0.2) is 34.5 Å². The Bertz CT molecular complexity index is 353. The number of likely N-dealkylation sites (tertiary alicyclic amines) is 1. The second-order valence-corrected chi connectivity index (χ2v) is 6.50. The fraction of sp³-hybridized carbons (Fsp3) is 0.867. The van der Waals surface area contributed by atoms with Crippen molar-refractivity contribution >= 4 is 11.9 Å². The number of piperidine rings is 1. The van der Waals surface area contributed by atoms with Crippen molar-refractivity contribution in [2.24, 2.45) is 17.3 Å². The van der Waals surface area contributed by atoms with Crippen molar-refractivity contribution in [1.82, 2.24) is 4.90 Å². The quantitative estimate of drug-likeness (QED) is 0.853. The number of nitrogens with zero attached hydrogens (tertiary/aromatic N) is 1. The van der Waals surface area contributed by atoms with E-state index in [1.165, 1.54) is 0 Å². The minimum atomic E-state index is -0.975. The first-order valence-corrected chi connectivity index (χ1v) is 7.23. The predicted octanol–water partition coefficient (Wildman–Crippen LogP) is 2.77. The van der Waals surface area contributed by atoms with E-state index in [0.717, 1.165) is 19.4 Å². The van der Waals surface area contributed by atoms with E-state index in [2.05, 4.69) is 13.8 Å². The number of hydrogen-bond donors (Lipinski definition) is 1. The second-order valence-electron chi connectivity index (χ2n) is 6.50. The maximum absolute atomic E-state index is 12.4. The molecule has 110 valence electrons. The van der Waals surface area contributed by atoms with E-state index in [1.54, 1.807) is 6.92 Å². The SMILES string of the molecule is CC1CCCN(C(=O)CC(C)(C(=O)O)C(C)C)C1C. The number of hydrogen-bond acceptors (Lipinski definition) is 2. The number of amides is 1. The van der Waals surface area contributed by atoms with E-state index in [4.69, 9.17) is 0 Å². The number of carboxylic acid groups (broad SMARTS) is 1. The van der Waals surface area contributed by atoms with Crippen LogP contribution in [0.4, 0.5) is 0 Å². The van der Waals surface area contributed by atoms with Gasteiger partial charge in [0.1, 0.15) is 0 Å². The summed E-state index contributed by atoms with van der Waals surface area (Å²) in [6.07, 6.45) is 2.26. The minimum Gasteiger partial charge on any atom is -0.481 e. The molecule has 0 aromatic heterocycles. The van der Waals surface area contributed by atoms with Crippen LogP contribution < -0.4 is 0 Å². The van der Waals surface area contributed by atoms with Gasteiger partial charge in [-0.05, 0) is 38.5 Å². The third-order valence-electron chi connectivity index (χ3n) is 4.98. The fourth-order valence-electron chi connectivity index (χ4n) is 2.63. The summed E-state index contributed by atoms with van der Waals surface area (Å²) in [4.78, 5) is 25.8. The molecule has 3 unspecified atom stereocenters. The monoisotopic (exact) mass is 269 g/mol. The van der Waals surface area contributed by atoms with Crippen LogP contribution in [0.1, 0.15) is 53.9 Å². The molecular weight excluding hydrogens is 242 g/mol. The molecule has 3 atom stereocenters. The molecule has 1 heterocycles. The third kappa shape index (κ3) is 3.28. The Morgan fingerprint density at radius 1 is 1.37 bits per heavy atom. The van der Waals surface area contributed by atoms with Gasteiger partial charge in [-0.2, -0.15) is 0 Å². The Balaban J connectivity index is 2.80. The Labute approximate surface area is 116 Å². The van der Waals surface area contributed by atoms with E-state index < -0.39 is 11.4 Å². The van der Waals surface area contributed by atoms with Crippen LogP contribution >= 0.6 is 0 Å². The normalized spacial score (nSPS) is 27.2. The van der Waals surface area contributed by atoms with Crippen LogP contribution in [0.5, 0.6) is 0 Å². The maximum Gasteiger partial charge on any atom is 0.310 e. The third-order valence-corrected chi connectivity index (χ3v) is 4.98. The Morgan fingerprint density at radius 3 is 2.42 bits per heavy atom. The molecule has 0 aromatic rings. The summed E-state index contributed by atoms with van der Waals surface area (Å²) in [5, 5.41) is 9.40. The van der Waals surface area contributed by atoms with Crippen molar-refractivity contribution in [1.29, 1.82) is 0 Å². The van der Waals surface area contributed by atoms with Gasteiger partial charge in [0.25, 0.3) is 0 Å². The number of aliphatic carboxylic acids is 1. The van der Waals surface area contributed by atoms with Crippen molar-refractivity contribution in [3.8, 4) is 0 Å². The maximum atomic E-state index is 12.4. The van der Waals surface area contributed by atoms with Crippen LogP contribution in [-0.2, 0) is 9.59 Å². The molecule has 4 nitrogen and oxygen atoms in total. The largest absolute Gasteiger partial charge is 0.481 e. The molecule has 1 aliphatic rings. The molecule has 1 saturated heterocycles. The molecule has 1 N–H and O–H groups in total. The second kappa shape index (κ2) is 5.93. The van der Waals surface area contributed by atoms with E-state index in [-0.39, 0.29) is 24.3 Å². The Morgan fingerprint density at radius 2 is 1.95 bits per heavy atom. The summed E-state index contributed by atoms with van der Waals surface area (Å²) >= 11 is 0. The van der Waals surface area contributed by atoms with Crippen molar-refractivity contribution < 1.29 is 14.7 Å². The molecule has 1 aliphatic heterocycles. The van der Waals surface area contributed by atoms with E-state index in [0.29, 0.717) is 5.92 Å². The molecule has 0 spiro atoms. The van der Waals surface area contributed by atoms with Crippen molar-refractivity contribution in [3.05, 3.63) is 0 Å². The summed E-state index contributed by atoms with van der Waals surface area (Å²) in [5.74, 6) is -0.467. The van der Waals surface area contributed by atoms with Crippen LogP contribution in [0.3, 0.4) is 0 Å². The lowest BCUT2D eigenvalue weighted by molar-refractivity contribution is -0.156. The lowest BCUT2D eigenvalue weighted by Crippen LogP contribution is -2.48. The first-order chi connectivity index (χ1) is 8.70. The van der Waals surface area contributed by atoms with Crippen LogP contribution in [0.2, 0.25) is 0 Å². The van der Waals surface area contributed by atoms with Crippen molar-refractivity contribution in [2.75, 3.05) is 6.54 Å². The molecule has 19 heavy (non-hydrogen) atoms. The number of rotatable bonds is 4. The molecule has 1 amide bonds. The van der Waals surface area contributed by atoms with Gasteiger partial charge in [0.2, 0.25) is 5.91 Å². The fourth-order valence-corrected chi connectivity index (χ4v) is 2.63. The molecule has 0 aliphatic carbocycles. The highest BCUT2D eigenvalue weighted by atomic mass is 16.4. The van der Waals surface area contributed by atoms with Gasteiger partial charge in [0, 0.05) is 19.0 Å². The Kier molecular flexibility index (Phi) is 4.99. The van der Waals surface area contributed by atoms with E-state index >= 15 is 0 Å². The zero-order chi connectivity index (χ0) is 14.8. The standard InChI is InChI=1S/C15H27NO3/c1-10(2)15(5,14(18)19)9-13(17)16-8-6-7-11(3)12(16)4/h10-12H,6-9H2,1-5H3,(H,18,19). The van der Waals surface area contributed by atoms with Gasteiger partial charge in [0.05, 0.1) is 5.41 Å². The van der Waals surface area contributed by atoms with Gasteiger partial charge in [-0.25, -0.2) is 0 Å². The summed E-state index contributed by atoms with van der Waals surface area (Å²) in [5.41, 5.74) is -0.975. The summed E-state index contributed by atoms with van der Waals surface area (Å²) in [6, 6.07) is 0.214. The highest BCUT2D eigenvalue weighted by Crippen LogP contribution is 2.33. The number of carboxylic acids is 1. The van der Waals surface area contributed by atoms with Crippen LogP contribution in [0, 0.1) is 17.3 Å². The topological polar surface area (TPSA) is 57.6 Å². The van der Waals surface area contributed by atoms with Gasteiger partial charge >= 0.3 is 5.97 Å². The predicted molar refractivity (Wildman–Crippen MR) is 74.8 cm³/mol. The minimum absolute atomic E-state index is 0.0161. The molecule has 1 rings (SSSR count). The molecule has 0 saturated carbocycles. The van der Waals surface area contributed by atoms with Gasteiger partial charge in [-0.15, -0.1) is 0 Å². The average Bonchev–Trinajstić information content (AvgIpc) is 2.31. The van der Waals surface area contributed by atoms with E-state index in [1.807, 2.05) is 18.7 Å². The van der Waals surface area contributed by atoms with Crippen LogP contribution in [0.15, 0.2) is 0 Å². The smallest absolute Gasteiger partial charge is 0.310 e. The molecule has 4 heteroatoms. The highest BCUT2D eigenvalue weighted by molar-refractivity contribution is 5.85. The van der Waals surface area contributed by atoms with Gasteiger partial charge in [-0.1, -0.05) is 20.8 Å². The lowest BCUT2D eigenvalue weighted by atomic mass is 9.75.